The molecule has 0 amide bonds. The minimum atomic E-state index is -2.16. The maximum Gasteiger partial charge on any atom is 0.344 e. The van der Waals surface area contributed by atoms with Crippen LogP contribution in [0.3, 0.4) is 0 Å². The van der Waals surface area contributed by atoms with Crippen molar-refractivity contribution in [3.8, 4) is 0 Å². The van der Waals surface area contributed by atoms with E-state index in [9.17, 15) is 24.9 Å². The van der Waals surface area contributed by atoms with E-state index in [1.165, 1.54) is 0 Å². The van der Waals surface area contributed by atoms with Gasteiger partial charge in [0, 0.05) is 5.92 Å². The van der Waals surface area contributed by atoms with Gasteiger partial charge in [-0.3, -0.25) is 4.79 Å². The van der Waals surface area contributed by atoms with Crippen molar-refractivity contribution in [2.75, 3.05) is 6.61 Å². The van der Waals surface area contributed by atoms with E-state index in [1.54, 1.807) is 32.9 Å². The quantitative estimate of drug-likeness (QED) is 0.452. The Morgan fingerprint density at radius 2 is 1.97 bits per heavy atom. The van der Waals surface area contributed by atoms with Crippen LogP contribution in [0, 0.1) is 48.3 Å². The van der Waals surface area contributed by atoms with Crippen LogP contribution in [-0.2, 0) is 9.53 Å². The molecule has 2 bridgehead atoms. The van der Waals surface area contributed by atoms with Crippen LogP contribution < -0.4 is 0 Å². The summed E-state index contributed by atoms with van der Waals surface area (Å²) in [7, 11) is 0. The van der Waals surface area contributed by atoms with Crippen molar-refractivity contribution in [1.82, 2.24) is 5.16 Å². The fourth-order valence-electron chi connectivity index (χ4n) is 7.53. The molecular formula is C26H33NO7. The number of carbonyl (C=O) groups is 2. The second kappa shape index (κ2) is 7.12. The molecule has 0 radical (unpaired) electrons. The van der Waals surface area contributed by atoms with E-state index in [-0.39, 0.29) is 45.8 Å². The molecule has 1 aromatic heterocycles. The second-order valence-electron chi connectivity index (χ2n) is 11.3. The first-order chi connectivity index (χ1) is 15.8. The molecule has 5 rings (SSSR count). The molecule has 4 aliphatic rings. The van der Waals surface area contributed by atoms with Gasteiger partial charge in [0.2, 0.25) is 0 Å². The first kappa shape index (κ1) is 23.5. The first-order valence-electron chi connectivity index (χ1n) is 11.9. The van der Waals surface area contributed by atoms with Crippen LogP contribution in [0.15, 0.2) is 27.8 Å². The Kier molecular flexibility index (Phi) is 4.91. The van der Waals surface area contributed by atoms with Crippen LogP contribution in [-0.4, -0.2) is 56.6 Å². The first-order valence-corrected chi connectivity index (χ1v) is 11.9. The average Bonchev–Trinajstić information content (AvgIpc) is 3.05. The lowest BCUT2D eigenvalue weighted by atomic mass is 9.59. The Morgan fingerprint density at radius 1 is 1.29 bits per heavy atom. The maximum absolute atomic E-state index is 14.3. The van der Waals surface area contributed by atoms with E-state index >= 15 is 0 Å². The molecule has 8 heteroatoms. The van der Waals surface area contributed by atoms with E-state index in [1.807, 2.05) is 6.92 Å². The summed E-state index contributed by atoms with van der Waals surface area (Å²) in [6, 6.07) is 0. The summed E-state index contributed by atoms with van der Waals surface area (Å²) in [5, 5.41) is 37.9. The van der Waals surface area contributed by atoms with Crippen molar-refractivity contribution < 1.29 is 34.2 Å². The number of aromatic nitrogens is 1. The van der Waals surface area contributed by atoms with E-state index < -0.39 is 41.7 Å². The van der Waals surface area contributed by atoms with Crippen LogP contribution in [0.2, 0.25) is 0 Å². The summed E-state index contributed by atoms with van der Waals surface area (Å²) in [5.41, 5.74) is -2.49. The molecule has 1 unspecified atom stereocenters. The highest BCUT2D eigenvalue weighted by Gasteiger charge is 2.76. The van der Waals surface area contributed by atoms with Crippen molar-refractivity contribution in [1.29, 1.82) is 0 Å². The minimum absolute atomic E-state index is 0.0484. The number of esters is 1. The molecule has 34 heavy (non-hydrogen) atoms. The highest BCUT2D eigenvalue weighted by molar-refractivity contribution is 5.96. The molecule has 0 aliphatic heterocycles. The summed E-state index contributed by atoms with van der Waals surface area (Å²) in [4.78, 5) is 27.5. The molecule has 8 nitrogen and oxygen atoms in total. The topological polar surface area (TPSA) is 130 Å². The van der Waals surface area contributed by atoms with Crippen molar-refractivity contribution in [3.63, 3.8) is 0 Å². The number of aliphatic hydroxyl groups is 3. The Morgan fingerprint density at radius 3 is 2.56 bits per heavy atom. The van der Waals surface area contributed by atoms with Crippen molar-refractivity contribution >= 4 is 11.8 Å². The number of aryl methyl sites for hydroxylation is 2. The predicted octanol–water partition coefficient (Wildman–Crippen LogP) is 2.28. The lowest BCUT2D eigenvalue weighted by molar-refractivity contribution is -0.190. The highest BCUT2D eigenvalue weighted by atomic mass is 16.6. The van der Waals surface area contributed by atoms with Gasteiger partial charge in [-0.25, -0.2) is 4.79 Å². The second-order valence-corrected chi connectivity index (χ2v) is 11.3. The molecule has 8 atom stereocenters. The summed E-state index contributed by atoms with van der Waals surface area (Å²) in [5.74, 6) is -1.17. The average molecular weight is 472 g/mol. The third kappa shape index (κ3) is 2.62. The molecule has 2 saturated carbocycles. The molecule has 1 heterocycles. The Balaban J connectivity index is 1.65. The number of ketones is 1. The standard InChI is InChI=1S/C26H33NO7/c1-11-9-25-12(2)7-17-19(24(17,5)6)16(21(25)30)8-15(10-28)20(29)26(25,32)22(11)33-23(31)18-13(3)27-34-14(18)4/h8-9,12,16-17,19-20,22,28-29,32H,7,10H2,1-6H3/t12-,16+,17-,19?,20-,22+,25+,26+/m1/s1. The predicted molar refractivity (Wildman–Crippen MR) is 121 cm³/mol. The van der Waals surface area contributed by atoms with Crippen LogP contribution in [0.1, 0.15) is 55.9 Å². The van der Waals surface area contributed by atoms with Gasteiger partial charge in [0.25, 0.3) is 0 Å². The van der Waals surface area contributed by atoms with Crippen LogP contribution in [0.25, 0.3) is 0 Å². The smallest absolute Gasteiger partial charge is 0.344 e. The van der Waals surface area contributed by atoms with Gasteiger partial charge in [-0.15, -0.1) is 0 Å². The summed E-state index contributed by atoms with van der Waals surface area (Å²) in [6.07, 6.45) is 1.19. The molecule has 1 aromatic rings. The fourth-order valence-corrected chi connectivity index (χ4v) is 7.53. The number of nitrogens with zero attached hydrogens (tertiary/aromatic N) is 1. The molecule has 4 aliphatic carbocycles. The summed E-state index contributed by atoms with van der Waals surface area (Å²) >= 11 is 0. The number of aliphatic hydroxyl groups excluding tert-OH is 2. The third-order valence-corrected chi connectivity index (χ3v) is 9.36. The SMILES string of the molecule is CC1=C[C@]23C(=O)[C@@H](C=C(CO)[C@@H](O)[C@]2(O)[C@H]1OC(=O)c1c(C)noc1C)C1[C@@H](C[C@H]3C)C1(C)C. The van der Waals surface area contributed by atoms with Crippen molar-refractivity contribution in [2.45, 2.75) is 65.8 Å². The van der Waals surface area contributed by atoms with Gasteiger partial charge in [0.1, 0.15) is 17.4 Å². The Labute approximate surface area is 198 Å². The Hall–Kier alpha value is -2.29. The van der Waals surface area contributed by atoms with Gasteiger partial charge in [0.05, 0.1) is 17.7 Å². The van der Waals surface area contributed by atoms with Gasteiger partial charge in [-0.2, -0.15) is 0 Å². The van der Waals surface area contributed by atoms with Crippen LogP contribution >= 0.6 is 0 Å². The number of allylic oxidation sites excluding steroid dienone is 1. The number of carbonyl (C=O) groups excluding carboxylic acids is 2. The third-order valence-electron chi connectivity index (χ3n) is 9.36. The highest BCUT2D eigenvalue weighted by Crippen LogP contribution is 2.71. The molecule has 0 saturated heterocycles. The zero-order valence-corrected chi connectivity index (χ0v) is 20.5. The van der Waals surface area contributed by atoms with E-state index in [2.05, 4.69) is 19.0 Å². The largest absolute Gasteiger partial charge is 0.451 e. The zero-order chi connectivity index (χ0) is 25.0. The number of hydrogen-bond donors (Lipinski definition) is 3. The number of fused-ring (bicyclic) bond motifs is 3. The lowest BCUT2D eigenvalue weighted by Gasteiger charge is -2.48. The minimum Gasteiger partial charge on any atom is -0.451 e. The van der Waals surface area contributed by atoms with E-state index in [0.29, 0.717) is 17.7 Å². The zero-order valence-electron chi connectivity index (χ0n) is 20.5. The van der Waals surface area contributed by atoms with E-state index in [0.717, 1.165) is 0 Å². The number of hydrogen-bond acceptors (Lipinski definition) is 8. The van der Waals surface area contributed by atoms with E-state index in [4.69, 9.17) is 9.26 Å². The molecule has 3 N–H and O–H groups in total. The molecule has 2 fully saturated rings. The lowest BCUT2D eigenvalue weighted by Crippen LogP contribution is -2.65. The van der Waals surface area contributed by atoms with Gasteiger partial charge >= 0.3 is 5.97 Å². The Bertz CT molecular complexity index is 1130. The number of ether oxygens (including phenoxy) is 1. The van der Waals surface area contributed by atoms with Gasteiger partial charge < -0.3 is 24.6 Å². The van der Waals surface area contributed by atoms with Gasteiger partial charge in [0.15, 0.2) is 17.5 Å². The van der Waals surface area contributed by atoms with Crippen LogP contribution in [0.5, 0.6) is 0 Å². The monoisotopic (exact) mass is 471 g/mol. The van der Waals surface area contributed by atoms with Crippen molar-refractivity contribution in [2.24, 2.45) is 34.5 Å². The molecule has 1 spiro atoms. The molecular weight excluding hydrogens is 438 g/mol. The maximum atomic E-state index is 14.3. The van der Waals surface area contributed by atoms with Crippen molar-refractivity contribution in [3.05, 3.63) is 40.3 Å². The normalized spacial score (nSPS) is 42.1. The fraction of sp³-hybridized carbons (Fsp3) is 0.654. The van der Waals surface area contributed by atoms with Gasteiger partial charge in [-0.05, 0) is 61.5 Å². The number of Topliss-reactive ketones (excluding diaryl/α,β-unsaturated/α-hetero) is 1. The molecule has 0 aromatic carbocycles. The molecule has 184 valence electrons. The van der Waals surface area contributed by atoms with Gasteiger partial charge in [-0.1, -0.05) is 38.1 Å². The van der Waals surface area contributed by atoms with Crippen LogP contribution in [0.4, 0.5) is 0 Å². The summed E-state index contributed by atoms with van der Waals surface area (Å²) < 4.78 is 10.9. The summed E-state index contributed by atoms with van der Waals surface area (Å²) in [6.45, 7) is 10.6. The number of rotatable bonds is 3.